The predicted octanol–water partition coefficient (Wildman–Crippen LogP) is 4.35. The first kappa shape index (κ1) is 12.6. The van der Waals surface area contributed by atoms with Gasteiger partial charge in [-0.1, -0.05) is 36.4 Å². The highest BCUT2D eigenvalue weighted by Gasteiger charge is 2.15. The molecule has 2 aromatic carbocycles. The van der Waals surface area contributed by atoms with E-state index in [1.807, 2.05) is 30.3 Å². The number of hydrogen-bond acceptors (Lipinski definition) is 3. The molecule has 0 saturated heterocycles. The second-order valence-electron chi connectivity index (χ2n) is 5.02. The molecule has 0 atom stereocenters. The SMILES string of the molecule is O=C(O)c1cc(-c2ccco2)nc2c1ccc1ccccc12. The molecule has 0 saturated carbocycles. The van der Waals surface area contributed by atoms with Crippen molar-refractivity contribution >= 4 is 27.6 Å². The topological polar surface area (TPSA) is 63.3 Å². The molecule has 0 amide bonds. The Morgan fingerprint density at radius 2 is 1.86 bits per heavy atom. The van der Waals surface area contributed by atoms with Crippen molar-refractivity contribution in [1.82, 2.24) is 4.98 Å². The summed E-state index contributed by atoms with van der Waals surface area (Å²) in [6, 6.07) is 16.6. The summed E-state index contributed by atoms with van der Waals surface area (Å²) < 4.78 is 5.36. The summed E-state index contributed by atoms with van der Waals surface area (Å²) >= 11 is 0. The lowest BCUT2D eigenvalue weighted by atomic mass is 10.0. The summed E-state index contributed by atoms with van der Waals surface area (Å²) in [6.45, 7) is 0. The van der Waals surface area contributed by atoms with Gasteiger partial charge in [0.1, 0.15) is 5.69 Å². The summed E-state index contributed by atoms with van der Waals surface area (Å²) in [6.07, 6.45) is 1.55. The average Bonchev–Trinajstić information content (AvgIpc) is 3.08. The van der Waals surface area contributed by atoms with Gasteiger partial charge in [0.05, 0.1) is 17.3 Å². The second-order valence-corrected chi connectivity index (χ2v) is 5.02. The Kier molecular flexibility index (Phi) is 2.69. The van der Waals surface area contributed by atoms with Crippen molar-refractivity contribution in [3.05, 3.63) is 66.4 Å². The number of furan rings is 1. The number of nitrogens with zero attached hydrogens (tertiary/aromatic N) is 1. The molecule has 4 rings (SSSR count). The molecule has 22 heavy (non-hydrogen) atoms. The highest BCUT2D eigenvalue weighted by molar-refractivity contribution is 6.12. The van der Waals surface area contributed by atoms with E-state index >= 15 is 0 Å². The molecule has 106 valence electrons. The van der Waals surface area contributed by atoms with Crippen molar-refractivity contribution in [1.29, 1.82) is 0 Å². The zero-order valence-corrected chi connectivity index (χ0v) is 11.5. The Hall–Kier alpha value is -3.14. The minimum atomic E-state index is -0.976. The lowest BCUT2D eigenvalue weighted by molar-refractivity contribution is 0.0699. The van der Waals surface area contributed by atoms with Crippen LogP contribution in [0.2, 0.25) is 0 Å². The molecule has 0 spiro atoms. The molecule has 0 fully saturated rings. The molecule has 2 heterocycles. The van der Waals surface area contributed by atoms with Crippen LogP contribution in [0.3, 0.4) is 0 Å². The van der Waals surface area contributed by atoms with Crippen LogP contribution in [-0.2, 0) is 0 Å². The van der Waals surface area contributed by atoms with Gasteiger partial charge < -0.3 is 9.52 Å². The molecule has 2 aromatic heterocycles. The Morgan fingerprint density at radius 1 is 1.00 bits per heavy atom. The van der Waals surface area contributed by atoms with Crippen molar-refractivity contribution in [3.8, 4) is 11.5 Å². The number of carbonyl (C=O) groups is 1. The van der Waals surface area contributed by atoms with Gasteiger partial charge in [0.2, 0.25) is 0 Å². The Morgan fingerprint density at radius 3 is 2.64 bits per heavy atom. The van der Waals surface area contributed by atoms with E-state index in [4.69, 9.17) is 4.42 Å². The molecule has 1 N–H and O–H groups in total. The number of aromatic nitrogens is 1. The number of carboxylic acid groups (broad SMARTS) is 1. The average molecular weight is 289 g/mol. The van der Waals surface area contributed by atoms with E-state index in [1.54, 1.807) is 30.5 Å². The van der Waals surface area contributed by atoms with Gasteiger partial charge in [-0.05, 0) is 23.6 Å². The van der Waals surface area contributed by atoms with Crippen LogP contribution in [0, 0.1) is 0 Å². The molecule has 0 bridgehead atoms. The van der Waals surface area contributed by atoms with Gasteiger partial charge in [0.25, 0.3) is 0 Å². The lowest BCUT2D eigenvalue weighted by Crippen LogP contribution is -2.00. The molecule has 4 heteroatoms. The van der Waals surface area contributed by atoms with Crippen LogP contribution in [0.4, 0.5) is 0 Å². The lowest BCUT2D eigenvalue weighted by Gasteiger charge is -2.08. The molecule has 4 nitrogen and oxygen atoms in total. The highest BCUT2D eigenvalue weighted by Crippen LogP contribution is 2.30. The van der Waals surface area contributed by atoms with Gasteiger partial charge in [-0.25, -0.2) is 9.78 Å². The molecular weight excluding hydrogens is 278 g/mol. The third-order valence-electron chi connectivity index (χ3n) is 3.71. The number of hydrogen-bond donors (Lipinski definition) is 1. The van der Waals surface area contributed by atoms with E-state index in [0.29, 0.717) is 22.4 Å². The number of benzene rings is 2. The fourth-order valence-electron chi connectivity index (χ4n) is 2.69. The van der Waals surface area contributed by atoms with E-state index in [0.717, 1.165) is 10.8 Å². The highest BCUT2D eigenvalue weighted by atomic mass is 16.4. The molecule has 0 radical (unpaired) electrons. The van der Waals surface area contributed by atoms with Crippen LogP contribution in [0.5, 0.6) is 0 Å². The van der Waals surface area contributed by atoms with Gasteiger partial charge in [-0.2, -0.15) is 0 Å². The maximum absolute atomic E-state index is 11.6. The number of aromatic carboxylic acids is 1. The maximum Gasteiger partial charge on any atom is 0.336 e. The van der Waals surface area contributed by atoms with E-state index < -0.39 is 5.97 Å². The summed E-state index contributed by atoms with van der Waals surface area (Å²) in [5.74, 6) is -0.423. The normalized spacial score (nSPS) is 11.1. The third-order valence-corrected chi connectivity index (χ3v) is 3.71. The van der Waals surface area contributed by atoms with E-state index in [1.165, 1.54) is 0 Å². The van der Waals surface area contributed by atoms with E-state index in [9.17, 15) is 9.90 Å². The molecule has 0 aliphatic heterocycles. The monoisotopic (exact) mass is 289 g/mol. The van der Waals surface area contributed by atoms with Gasteiger partial charge >= 0.3 is 5.97 Å². The molecule has 0 aliphatic rings. The fraction of sp³-hybridized carbons (Fsp3) is 0. The minimum absolute atomic E-state index is 0.224. The molecule has 0 aliphatic carbocycles. The van der Waals surface area contributed by atoms with Gasteiger partial charge in [-0.3, -0.25) is 0 Å². The summed E-state index contributed by atoms with van der Waals surface area (Å²) in [7, 11) is 0. The number of fused-ring (bicyclic) bond motifs is 3. The zero-order valence-electron chi connectivity index (χ0n) is 11.5. The quantitative estimate of drug-likeness (QED) is 0.557. The zero-order chi connectivity index (χ0) is 15.1. The standard InChI is InChI=1S/C18H11NO3/c20-18(21)14-10-15(16-6-3-9-22-16)19-17-12-5-2-1-4-11(12)7-8-13(14)17/h1-10H,(H,20,21). The predicted molar refractivity (Wildman–Crippen MR) is 83.9 cm³/mol. The van der Waals surface area contributed by atoms with Crippen LogP contribution in [0.25, 0.3) is 33.1 Å². The first-order chi connectivity index (χ1) is 10.7. The first-order valence-corrected chi connectivity index (χ1v) is 6.84. The second kappa shape index (κ2) is 4.70. The summed E-state index contributed by atoms with van der Waals surface area (Å²) in [5.41, 5.74) is 1.41. The van der Waals surface area contributed by atoms with Crippen molar-refractivity contribution < 1.29 is 14.3 Å². The largest absolute Gasteiger partial charge is 0.478 e. The summed E-state index contributed by atoms with van der Waals surface area (Å²) in [4.78, 5) is 16.2. The molecular formula is C18H11NO3. The van der Waals surface area contributed by atoms with Crippen molar-refractivity contribution in [2.24, 2.45) is 0 Å². The number of pyridine rings is 1. The van der Waals surface area contributed by atoms with E-state index in [-0.39, 0.29) is 5.56 Å². The minimum Gasteiger partial charge on any atom is -0.478 e. The van der Waals surface area contributed by atoms with Crippen LogP contribution in [0.1, 0.15) is 10.4 Å². The van der Waals surface area contributed by atoms with Crippen LogP contribution in [0.15, 0.2) is 65.3 Å². The Balaban J connectivity index is 2.16. The van der Waals surface area contributed by atoms with Crippen molar-refractivity contribution in [2.75, 3.05) is 0 Å². The molecule has 4 aromatic rings. The van der Waals surface area contributed by atoms with Crippen LogP contribution >= 0.6 is 0 Å². The Bertz CT molecular complexity index is 1000. The maximum atomic E-state index is 11.6. The van der Waals surface area contributed by atoms with E-state index in [2.05, 4.69) is 4.98 Å². The summed E-state index contributed by atoms with van der Waals surface area (Å²) in [5, 5.41) is 12.1. The molecule has 0 unspecified atom stereocenters. The number of carboxylic acids is 1. The smallest absolute Gasteiger partial charge is 0.336 e. The Labute approximate surface area is 125 Å². The van der Waals surface area contributed by atoms with Gasteiger partial charge in [0.15, 0.2) is 5.76 Å². The van der Waals surface area contributed by atoms with Crippen molar-refractivity contribution in [3.63, 3.8) is 0 Å². The van der Waals surface area contributed by atoms with Crippen LogP contribution in [-0.4, -0.2) is 16.1 Å². The fourth-order valence-corrected chi connectivity index (χ4v) is 2.69. The van der Waals surface area contributed by atoms with Gasteiger partial charge in [0, 0.05) is 10.8 Å². The number of rotatable bonds is 2. The van der Waals surface area contributed by atoms with Crippen LogP contribution < -0.4 is 0 Å². The first-order valence-electron chi connectivity index (χ1n) is 6.84. The third kappa shape index (κ3) is 1.85. The van der Waals surface area contributed by atoms with Crippen molar-refractivity contribution in [2.45, 2.75) is 0 Å². The van der Waals surface area contributed by atoms with Gasteiger partial charge in [-0.15, -0.1) is 0 Å².